The zero-order valence-electron chi connectivity index (χ0n) is 5.46. The summed E-state index contributed by atoms with van der Waals surface area (Å²) in [5.74, 6) is 0.301. The third-order valence-electron chi connectivity index (χ3n) is 1.50. The molecular formula is C7H10O2. The Morgan fingerprint density at radius 2 is 2.67 bits per heavy atom. The van der Waals surface area contributed by atoms with E-state index < -0.39 is 0 Å². The van der Waals surface area contributed by atoms with Crippen LogP contribution >= 0.6 is 0 Å². The lowest BCUT2D eigenvalue weighted by atomic mass is 10.0. The second-order valence-corrected chi connectivity index (χ2v) is 2.19. The molecule has 50 valence electrons. The quantitative estimate of drug-likeness (QED) is 0.497. The van der Waals surface area contributed by atoms with Gasteiger partial charge in [0.1, 0.15) is 0 Å². The van der Waals surface area contributed by atoms with Gasteiger partial charge >= 0.3 is 5.97 Å². The molecule has 1 heterocycles. The summed E-state index contributed by atoms with van der Waals surface area (Å²) >= 11 is 0. The lowest BCUT2D eigenvalue weighted by Gasteiger charge is -2.11. The molecule has 0 aromatic carbocycles. The summed E-state index contributed by atoms with van der Waals surface area (Å²) in [6, 6.07) is 0. The second kappa shape index (κ2) is 2.67. The first kappa shape index (κ1) is 6.33. The van der Waals surface area contributed by atoms with Gasteiger partial charge in [-0.1, -0.05) is 6.92 Å². The van der Waals surface area contributed by atoms with E-state index in [0.29, 0.717) is 12.3 Å². The fourth-order valence-corrected chi connectivity index (χ4v) is 0.837. The highest BCUT2D eigenvalue weighted by atomic mass is 16.5. The number of carbonyl (C=O) groups is 1. The second-order valence-electron chi connectivity index (χ2n) is 2.19. The van der Waals surface area contributed by atoms with Crippen LogP contribution in [-0.2, 0) is 9.53 Å². The molecule has 0 unspecified atom stereocenters. The Morgan fingerprint density at radius 3 is 3.11 bits per heavy atom. The zero-order valence-corrected chi connectivity index (χ0v) is 5.46. The lowest BCUT2D eigenvalue weighted by molar-refractivity contribution is -0.139. The van der Waals surface area contributed by atoms with Crippen LogP contribution in [0.4, 0.5) is 0 Å². The molecule has 0 aliphatic carbocycles. The molecule has 0 aromatic heterocycles. The first-order chi connectivity index (χ1) is 4.33. The Kier molecular flexibility index (Phi) is 1.88. The number of hydrogen-bond acceptors (Lipinski definition) is 2. The van der Waals surface area contributed by atoms with Crippen molar-refractivity contribution < 1.29 is 9.53 Å². The third kappa shape index (κ3) is 1.56. The predicted octanol–water partition coefficient (Wildman–Crippen LogP) is 1.47. The number of rotatable bonds is 1. The van der Waals surface area contributed by atoms with E-state index in [1.165, 1.54) is 6.26 Å². The SMILES string of the molecule is CC[C@H]1C=COC(=O)C1. The number of cyclic esters (lactones) is 1. The van der Waals surface area contributed by atoms with E-state index in [0.717, 1.165) is 6.42 Å². The Hall–Kier alpha value is -0.790. The van der Waals surface area contributed by atoms with Gasteiger partial charge < -0.3 is 4.74 Å². The molecule has 2 heteroatoms. The summed E-state index contributed by atoms with van der Waals surface area (Å²) in [6.07, 6.45) is 4.99. The van der Waals surface area contributed by atoms with Gasteiger partial charge in [0.25, 0.3) is 0 Å². The Bertz CT molecular complexity index is 138. The third-order valence-corrected chi connectivity index (χ3v) is 1.50. The van der Waals surface area contributed by atoms with Crippen LogP contribution < -0.4 is 0 Å². The molecule has 0 N–H and O–H groups in total. The van der Waals surface area contributed by atoms with Crippen molar-refractivity contribution in [3.63, 3.8) is 0 Å². The molecule has 0 saturated heterocycles. The maximum absolute atomic E-state index is 10.6. The van der Waals surface area contributed by atoms with Crippen molar-refractivity contribution in [1.29, 1.82) is 0 Å². The molecule has 1 aliphatic heterocycles. The van der Waals surface area contributed by atoms with E-state index in [4.69, 9.17) is 0 Å². The van der Waals surface area contributed by atoms with Crippen LogP contribution in [0, 0.1) is 5.92 Å². The van der Waals surface area contributed by atoms with E-state index in [9.17, 15) is 4.79 Å². The molecule has 0 aromatic rings. The highest BCUT2D eigenvalue weighted by Gasteiger charge is 2.13. The van der Waals surface area contributed by atoms with Crippen LogP contribution in [-0.4, -0.2) is 5.97 Å². The standard InChI is InChI=1S/C7H10O2/c1-2-6-3-4-9-7(8)5-6/h3-4,6H,2,5H2,1H3/t6-/m0/s1. The van der Waals surface area contributed by atoms with Gasteiger partial charge in [0, 0.05) is 0 Å². The molecule has 0 fully saturated rings. The van der Waals surface area contributed by atoms with Gasteiger partial charge in [0.15, 0.2) is 0 Å². The average molecular weight is 126 g/mol. The highest BCUT2D eigenvalue weighted by Crippen LogP contribution is 2.14. The number of ether oxygens (including phenoxy) is 1. The summed E-state index contributed by atoms with van der Waals surface area (Å²) < 4.78 is 4.59. The summed E-state index contributed by atoms with van der Waals surface area (Å²) in [5.41, 5.74) is 0. The fourth-order valence-electron chi connectivity index (χ4n) is 0.837. The van der Waals surface area contributed by atoms with Crippen molar-refractivity contribution in [2.45, 2.75) is 19.8 Å². The van der Waals surface area contributed by atoms with Gasteiger partial charge in [-0.25, -0.2) is 0 Å². The van der Waals surface area contributed by atoms with Crippen LogP contribution in [0.15, 0.2) is 12.3 Å². The molecule has 0 bridgehead atoms. The smallest absolute Gasteiger partial charge is 0.311 e. The molecule has 1 aliphatic rings. The molecule has 0 spiro atoms. The van der Waals surface area contributed by atoms with Crippen LogP contribution in [0.1, 0.15) is 19.8 Å². The number of allylic oxidation sites excluding steroid dienone is 1. The molecule has 0 saturated carbocycles. The van der Waals surface area contributed by atoms with Gasteiger partial charge in [0.05, 0.1) is 12.7 Å². The van der Waals surface area contributed by atoms with Crippen molar-refractivity contribution in [2.75, 3.05) is 0 Å². The fraction of sp³-hybridized carbons (Fsp3) is 0.571. The summed E-state index contributed by atoms with van der Waals surface area (Å²) in [4.78, 5) is 10.6. The maximum atomic E-state index is 10.6. The van der Waals surface area contributed by atoms with Gasteiger partial charge in [-0.15, -0.1) is 0 Å². The zero-order chi connectivity index (χ0) is 6.69. The number of hydrogen-bond donors (Lipinski definition) is 0. The minimum atomic E-state index is -0.107. The first-order valence-electron chi connectivity index (χ1n) is 3.19. The Labute approximate surface area is 54.5 Å². The number of carbonyl (C=O) groups excluding carboxylic acids is 1. The first-order valence-corrected chi connectivity index (χ1v) is 3.19. The monoisotopic (exact) mass is 126 g/mol. The summed E-state index contributed by atoms with van der Waals surface area (Å²) in [6.45, 7) is 2.06. The summed E-state index contributed by atoms with van der Waals surface area (Å²) in [7, 11) is 0. The van der Waals surface area contributed by atoms with Crippen molar-refractivity contribution in [3.8, 4) is 0 Å². The molecule has 1 rings (SSSR count). The van der Waals surface area contributed by atoms with Gasteiger partial charge in [0.2, 0.25) is 0 Å². The van der Waals surface area contributed by atoms with Crippen LogP contribution in [0.3, 0.4) is 0 Å². The van der Waals surface area contributed by atoms with E-state index in [-0.39, 0.29) is 5.97 Å². The molecule has 0 radical (unpaired) electrons. The molecule has 0 amide bonds. The highest BCUT2D eigenvalue weighted by molar-refractivity contribution is 5.71. The van der Waals surface area contributed by atoms with Crippen LogP contribution in [0.25, 0.3) is 0 Å². The van der Waals surface area contributed by atoms with E-state index in [1.807, 2.05) is 6.08 Å². The van der Waals surface area contributed by atoms with Crippen molar-refractivity contribution in [1.82, 2.24) is 0 Å². The van der Waals surface area contributed by atoms with Crippen LogP contribution in [0.5, 0.6) is 0 Å². The minimum absolute atomic E-state index is 0.107. The van der Waals surface area contributed by atoms with E-state index >= 15 is 0 Å². The van der Waals surface area contributed by atoms with Crippen LogP contribution in [0.2, 0.25) is 0 Å². The minimum Gasteiger partial charge on any atom is -0.435 e. The average Bonchev–Trinajstić information content (AvgIpc) is 1.88. The van der Waals surface area contributed by atoms with Gasteiger partial charge in [-0.3, -0.25) is 4.79 Å². The Morgan fingerprint density at radius 1 is 1.89 bits per heavy atom. The topological polar surface area (TPSA) is 26.3 Å². The maximum Gasteiger partial charge on any atom is 0.311 e. The van der Waals surface area contributed by atoms with Crippen molar-refractivity contribution in [3.05, 3.63) is 12.3 Å². The molecular weight excluding hydrogens is 116 g/mol. The van der Waals surface area contributed by atoms with Gasteiger partial charge in [-0.05, 0) is 18.4 Å². The molecule has 9 heavy (non-hydrogen) atoms. The molecule has 1 atom stereocenters. The van der Waals surface area contributed by atoms with Gasteiger partial charge in [-0.2, -0.15) is 0 Å². The van der Waals surface area contributed by atoms with E-state index in [2.05, 4.69) is 11.7 Å². The van der Waals surface area contributed by atoms with E-state index in [1.54, 1.807) is 0 Å². The predicted molar refractivity (Wildman–Crippen MR) is 33.6 cm³/mol. The summed E-state index contributed by atoms with van der Waals surface area (Å²) in [5, 5.41) is 0. The Balaban J connectivity index is 2.49. The largest absolute Gasteiger partial charge is 0.435 e. The molecule has 2 nitrogen and oxygen atoms in total. The normalized spacial score (nSPS) is 25.9. The lowest BCUT2D eigenvalue weighted by Crippen LogP contribution is -2.11. The van der Waals surface area contributed by atoms with Crippen molar-refractivity contribution >= 4 is 5.97 Å². The number of esters is 1. The van der Waals surface area contributed by atoms with Crippen molar-refractivity contribution in [2.24, 2.45) is 5.92 Å².